The molecular formula is C12H18ClN3OS. The van der Waals surface area contributed by atoms with Crippen LogP contribution in [0.1, 0.15) is 18.1 Å². The van der Waals surface area contributed by atoms with Gasteiger partial charge in [0.15, 0.2) is 5.84 Å². The summed E-state index contributed by atoms with van der Waals surface area (Å²) in [7, 11) is 0. The quantitative estimate of drug-likeness (QED) is 0.325. The molecule has 6 heteroatoms. The molecule has 1 unspecified atom stereocenters. The van der Waals surface area contributed by atoms with Crippen molar-refractivity contribution in [1.82, 2.24) is 5.32 Å². The average molecular weight is 288 g/mol. The van der Waals surface area contributed by atoms with Crippen molar-refractivity contribution in [3.63, 3.8) is 0 Å². The van der Waals surface area contributed by atoms with Crippen LogP contribution in [-0.2, 0) is 6.54 Å². The highest BCUT2D eigenvalue weighted by Gasteiger charge is 2.05. The fourth-order valence-electron chi connectivity index (χ4n) is 1.40. The standard InChI is InChI=1S/C12H18ClN3OS/c1-8(18-2)6-15-7-10-4-3-9(5-11(10)13)12(14)16-17/h3-5,8,15,17H,6-7H2,1-2H3,(H2,14,16). The number of nitrogens with zero attached hydrogens (tertiary/aromatic N) is 1. The van der Waals surface area contributed by atoms with Crippen molar-refractivity contribution in [2.24, 2.45) is 10.9 Å². The zero-order valence-electron chi connectivity index (χ0n) is 10.5. The lowest BCUT2D eigenvalue weighted by atomic mass is 10.1. The maximum absolute atomic E-state index is 8.58. The van der Waals surface area contributed by atoms with E-state index in [1.807, 2.05) is 17.8 Å². The summed E-state index contributed by atoms with van der Waals surface area (Å²) in [5.41, 5.74) is 7.11. The highest BCUT2D eigenvalue weighted by Crippen LogP contribution is 2.18. The van der Waals surface area contributed by atoms with E-state index in [1.54, 1.807) is 12.1 Å². The number of halogens is 1. The van der Waals surface area contributed by atoms with Crippen LogP contribution in [0.3, 0.4) is 0 Å². The number of amidine groups is 1. The molecule has 0 amide bonds. The first-order valence-electron chi connectivity index (χ1n) is 5.58. The van der Waals surface area contributed by atoms with E-state index in [1.165, 1.54) is 0 Å². The Bertz CT molecular complexity index is 426. The van der Waals surface area contributed by atoms with E-state index < -0.39 is 0 Å². The Morgan fingerprint density at radius 3 is 2.89 bits per heavy atom. The summed E-state index contributed by atoms with van der Waals surface area (Å²) < 4.78 is 0. The first-order valence-corrected chi connectivity index (χ1v) is 7.25. The normalized spacial score (nSPS) is 13.6. The van der Waals surface area contributed by atoms with Crippen molar-refractivity contribution in [2.75, 3.05) is 12.8 Å². The summed E-state index contributed by atoms with van der Waals surface area (Å²) in [6.07, 6.45) is 2.09. The molecule has 0 aromatic heterocycles. The molecule has 0 bridgehead atoms. The van der Waals surface area contributed by atoms with Crippen molar-refractivity contribution in [3.8, 4) is 0 Å². The third-order valence-corrected chi connectivity index (χ3v) is 3.93. The highest BCUT2D eigenvalue weighted by molar-refractivity contribution is 7.99. The van der Waals surface area contributed by atoms with Crippen LogP contribution in [0.5, 0.6) is 0 Å². The van der Waals surface area contributed by atoms with Crippen LogP contribution >= 0.6 is 23.4 Å². The lowest BCUT2D eigenvalue weighted by Gasteiger charge is -2.11. The summed E-state index contributed by atoms with van der Waals surface area (Å²) in [5, 5.41) is 16.1. The fraction of sp³-hybridized carbons (Fsp3) is 0.417. The fourth-order valence-corrected chi connectivity index (χ4v) is 1.93. The van der Waals surface area contributed by atoms with Crippen molar-refractivity contribution in [2.45, 2.75) is 18.7 Å². The number of benzene rings is 1. The minimum atomic E-state index is 0.0624. The van der Waals surface area contributed by atoms with Gasteiger partial charge in [-0.25, -0.2) is 0 Å². The van der Waals surface area contributed by atoms with Crippen molar-refractivity contribution >= 4 is 29.2 Å². The molecule has 1 aromatic carbocycles. The first-order chi connectivity index (χ1) is 8.58. The van der Waals surface area contributed by atoms with Crippen LogP contribution < -0.4 is 11.1 Å². The van der Waals surface area contributed by atoms with Gasteiger partial charge >= 0.3 is 0 Å². The Kier molecular flexibility index (Phi) is 6.32. The molecule has 4 nitrogen and oxygen atoms in total. The number of rotatable bonds is 6. The third kappa shape index (κ3) is 4.40. The number of nitrogens with two attached hydrogens (primary N) is 1. The second-order valence-corrected chi connectivity index (χ2v) is 5.65. The van der Waals surface area contributed by atoms with Gasteiger partial charge in [-0.05, 0) is 17.9 Å². The van der Waals surface area contributed by atoms with Gasteiger partial charge in [0.1, 0.15) is 0 Å². The SMILES string of the molecule is CSC(C)CNCc1ccc(/C(N)=N/O)cc1Cl. The van der Waals surface area contributed by atoms with Crippen LogP contribution in [-0.4, -0.2) is 29.1 Å². The molecule has 4 N–H and O–H groups in total. The molecule has 18 heavy (non-hydrogen) atoms. The second kappa shape index (κ2) is 7.51. The minimum Gasteiger partial charge on any atom is -0.409 e. The minimum absolute atomic E-state index is 0.0624. The van der Waals surface area contributed by atoms with Gasteiger partial charge < -0.3 is 16.3 Å². The smallest absolute Gasteiger partial charge is 0.170 e. The summed E-state index contributed by atoms with van der Waals surface area (Å²) in [4.78, 5) is 0. The molecule has 100 valence electrons. The van der Waals surface area contributed by atoms with Crippen molar-refractivity contribution in [1.29, 1.82) is 0 Å². The van der Waals surface area contributed by atoms with Crippen LogP contribution in [0.4, 0.5) is 0 Å². The number of hydrogen-bond donors (Lipinski definition) is 3. The molecule has 0 saturated heterocycles. The predicted octanol–water partition coefficient (Wildman–Crippen LogP) is 2.28. The van der Waals surface area contributed by atoms with Gasteiger partial charge in [-0.2, -0.15) is 11.8 Å². The Labute approximate surface area is 117 Å². The molecule has 0 spiro atoms. The van der Waals surface area contributed by atoms with E-state index in [4.69, 9.17) is 22.5 Å². The van der Waals surface area contributed by atoms with E-state index in [0.29, 0.717) is 22.4 Å². The molecule has 1 rings (SSSR count). The Morgan fingerprint density at radius 1 is 1.61 bits per heavy atom. The Hall–Kier alpha value is -0.910. The topological polar surface area (TPSA) is 70.6 Å². The van der Waals surface area contributed by atoms with Crippen LogP contribution in [0.2, 0.25) is 5.02 Å². The molecule has 0 radical (unpaired) electrons. The molecule has 0 heterocycles. The van der Waals surface area contributed by atoms with E-state index >= 15 is 0 Å². The molecule has 0 saturated carbocycles. The largest absolute Gasteiger partial charge is 0.409 e. The van der Waals surface area contributed by atoms with Crippen LogP contribution in [0.15, 0.2) is 23.4 Å². The van der Waals surface area contributed by atoms with E-state index in [-0.39, 0.29) is 5.84 Å². The van der Waals surface area contributed by atoms with Crippen molar-refractivity contribution in [3.05, 3.63) is 34.3 Å². The third-order valence-electron chi connectivity index (χ3n) is 2.61. The monoisotopic (exact) mass is 287 g/mol. The molecule has 0 aliphatic carbocycles. The summed E-state index contributed by atoms with van der Waals surface area (Å²) >= 11 is 7.96. The molecular weight excluding hydrogens is 270 g/mol. The second-order valence-electron chi connectivity index (χ2n) is 3.97. The van der Waals surface area contributed by atoms with Gasteiger partial charge in [-0.15, -0.1) is 0 Å². The maximum Gasteiger partial charge on any atom is 0.170 e. The van der Waals surface area contributed by atoms with Gasteiger partial charge in [0.05, 0.1) is 0 Å². The number of nitrogens with one attached hydrogen (secondary N) is 1. The average Bonchev–Trinajstić information content (AvgIpc) is 2.39. The van der Waals surface area contributed by atoms with Gasteiger partial charge in [-0.3, -0.25) is 0 Å². The highest BCUT2D eigenvalue weighted by atomic mass is 35.5. The van der Waals surface area contributed by atoms with Crippen LogP contribution in [0.25, 0.3) is 0 Å². The molecule has 1 aromatic rings. The molecule has 0 aliphatic rings. The summed E-state index contributed by atoms with van der Waals surface area (Å²) in [6, 6.07) is 5.37. The number of oxime groups is 1. The Morgan fingerprint density at radius 2 is 2.33 bits per heavy atom. The summed E-state index contributed by atoms with van der Waals surface area (Å²) in [6.45, 7) is 3.81. The predicted molar refractivity (Wildman–Crippen MR) is 78.6 cm³/mol. The van der Waals surface area contributed by atoms with Crippen molar-refractivity contribution < 1.29 is 5.21 Å². The van der Waals surface area contributed by atoms with E-state index in [0.717, 1.165) is 12.1 Å². The Balaban J connectivity index is 2.63. The zero-order valence-corrected chi connectivity index (χ0v) is 12.1. The van der Waals surface area contributed by atoms with Gasteiger partial charge in [0.25, 0.3) is 0 Å². The van der Waals surface area contributed by atoms with Gasteiger partial charge in [0.2, 0.25) is 0 Å². The summed E-state index contributed by atoms with van der Waals surface area (Å²) in [5.74, 6) is 0.0624. The number of hydrogen-bond acceptors (Lipinski definition) is 4. The zero-order chi connectivity index (χ0) is 13.5. The maximum atomic E-state index is 8.58. The van der Waals surface area contributed by atoms with Crippen LogP contribution in [0, 0.1) is 0 Å². The van der Waals surface area contributed by atoms with E-state index in [2.05, 4.69) is 23.7 Å². The van der Waals surface area contributed by atoms with Gasteiger partial charge in [-0.1, -0.05) is 35.8 Å². The molecule has 0 aliphatic heterocycles. The molecule has 0 fully saturated rings. The lowest BCUT2D eigenvalue weighted by molar-refractivity contribution is 0.318. The first kappa shape index (κ1) is 15.1. The van der Waals surface area contributed by atoms with E-state index in [9.17, 15) is 0 Å². The number of thioether (sulfide) groups is 1. The lowest BCUT2D eigenvalue weighted by Crippen LogP contribution is -2.22. The van der Waals surface area contributed by atoms with Gasteiger partial charge in [0, 0.05) is 28.9 Å². The molecule has 1 atom stereocenters.